The fourth-order valence-electron chi connectivity index (χ4n) is 2.84. The van der Waals surface area contributed by atoms with Crippen LogP contribution >= 0.6 is 24.8 Å². The maximum Gasteiger partial charge on any atom is 0.241 e. The van der Waals surface area contributed by atoms with Crippen molar-refractivity contribution in [1.29, 1.82) is 0 Å². The molecule has 3 N–H and O–H groups in total. The number of benzene rings is 1. The second-order valence-corrected chi connectivity index (χ2v) is 5.58. The van der Waals surface area contributed by atoms with Crippen molar-refractivity contribution in [2.45, 2.75) is 25.4 Å². The Morgan fingerprint density at radius 1 is 1.21 bits per heavy atom. The largest absolute Gasteiger partial charge is 0.384 e. The van der Waals surface area contributed by atoms with E-state index in [2.05, 4.69) is 27.3 Å². The molecule has 1 aliphatic rings. The number of nitrogens with zero attached hydrogens (tertiary/aromatic N) is 2. The highest BCUT2D eigenvalue weighted by Gasteiger charge is 2.30. The van der Waals surface area contributed by atoms with Crippen LogP contribution in [0.4, 0.5) is 11.5 Å². The molecule has 1 fully saturated rings. The summed E-state index contributed by atoms with van der Waals surface area (Å²) in [5.41, 5.74) is 7.47. The smallest absolute Gasteiger partial charge is 0.241 e. The summed E-state index contributed by atoms with van der Waals surface area (Å²) < 4.78 is 0. The van der Waals surface area contributed by atoms with E-state index in [1.807, 2.05) is 18.2 Å². The van der Waals surface area contributed by atoms with E-state index in [0.717, 1.165) is 25.9 Å². The molecule has 0 bridgehead atoms. The third-order valence-corrected chi connectivity index (χ3v) is 3.95. The predicted molar refractivity (Wildman–Crippen MR) is 102 cm³/mol. The normalized spacial score (nSPS) is 16.8. The van der Waals surface area contributed by atoms with Gasteiger partial charge in [-0.1, -0.05) is 30.3 Å². The van der Waals surface area contributed by atoms with E-state index in [9.17, 15) is 4.79 Å². The van der Waals surface area contributed by atoms with Gasteiger partial charge in [-0.15, -0.1) is 24.8 Å². The zero-order valence-electron chi connectivity index (χ0n) is 13.2. The maximum absolute atomic E-state index is 12.5. The van der Waals surface area contributed by atoms with Crippen LogP contribution in [0.25, 0.3) is 0 Å². The molecule has 1 amide bonds. The maximum atomic E-state index is 12.5. The van der Waals surface area contributed by atoms with Gasteiger partial charge in [0.15, 0.2) is 0 Å². The van der Waals surface area contributed by atoms with E-state index in [4.69, 9.17) is 5.73 Å². The van der Waals surface area contributed by atoms with Crippen LogP contribution in [0.5, 0.6) is 0 Å². The number of nitrogens with one attached hydrogen (secondary N) is 1. The number of anilines is 2. The van der Waals surface area contributed by atoms with Crippen molar-refractivity contribution in [3.63, 3.8) is 0 Å². The summed E-state index contributed by atoms with van der Waals surface area (Å²) in [4.78, 5) is 18.7. The Balaban J connectivity index is 0.00000144. The summed E-state index contributed by atoms with van der Waals surface area (Å²) in [6.07, 6.45) is 3.52. The number of hydrogen-bond acceptors (Lipinski definition) is 4. The van der Waals surface area contributed by atoms with Crippen LogP contribution in [0.15, 0.2) is 48.7 Å². The molecule has 0 saturated carbocycles. The molecular weight excluding hydrogens is 347 g/mol. The number of likely N-dealkylation sites (tertiary alicyclic amines) is 1. The lowest BCUT2D eigenvalue weighted by Crippen LogP contribution is -2.39. The molecule has 0 spiro atoms. The number of aromatic nitrogens is 1. The number of amides is 1. The van der Waals surface area contributed by atoms with E-state index < -0.39 is 0 Å². The van der Waals surface area contributed by atoms with Gasteiger partial charge < -0.3 is 11.1 Å². The first-order chi connectivity index (χ1) is 10.7. The van der Waals surface area contributed by atoms with E-state index in [1.54, 1.807) is 18.3 Å². The van der Waals surface area contributed by atoms with Crippen molar-refractivity contribution in [2.75, 3.05) is 17.6 Å². The van der Waals surface area contributed by atoms with Crippen molar-refractivity contribution in [1.82, 2.24) is 9.88 Å². The van der Waals surface area contributed by atoms with E-state index >= 15 is 0 Å². The van der Waals surface area contributed by atoms with Gasteiger partial charge in [0.25, 0.3) is 0 Å². The van der Waals surface area contributed by atoms with Gasteiger partial charge in [0, 0.05) is 6.54 Å². The lowest BCUT2D eigenvalue weighted by molar-refractivity contribution is -0.120. The first-order valence-electron chi connectivity index (χ1n) is 7.53. The molecule has 2 aromatic rings. The van der Waals surface area contributed by atoms with E-state index in [1.165, 1.54) is 5.56 Å². The molecule has 1 unspecified atom stereocenters. The lowest BCUT2D eigenvalue weighted by Gasteiger charge is -2.23. The fourth-order valence-corrected chi connectivity index (χ4v) is 2.84. The highest BCUT2D eigenvalue weighted by atomic mass is 35.5. The van der Waals surface area contributed by atoms with Crippen LogP contribution in [-0.2, 0) is 11.3 Å². The van der Waals surface area contributed by atoms with Gasteiger partial charge in [0.05, 0.1) is 17.9 Å². The average molecular weight is 369 g/mol. The molecule has 5 nitrogen and oxygen atoms in total. The van der Waals surface area contributed by atoms with Crippen LogP contribution in [-0.4, -0.2) is 28.4 Å². The molecule has 1 aliphatic heterocycles. The van der Waals surface area contributed by atoms with Crippen LogP contribution in [0.2, 0.25) is 0 Å². The lowest BCUT2D eigenvalue weighted by atomic mass is 10.1. The quantitative estimate of drug-likeness (QED) is 0.869. The molecule has 1 aromatic heterocycles. The Bertz CT molecular complexity index is 637. The van der Waals surface area contributed by atoms with Crippen LogP contribution < -0.4 is 11.1 Å². The highest BCUT2D eigenvalue weighted by Crippen LogP contribution is 2.21. The van der Waals surface area contributed by atoms with Gasteiger partial charge >= 0.3 is 0 Å². The number of pyridine rings is 1. The summed E-state index contributed by atoms with van der Waals surface area (Å²) >= 11 is 0. The predicted octanol–water partition coefficient (Wildman–Crippen LogP) is 3.11. The van der Waals surface area contributed by atoms with Gasteiger partial charge in [0.1, 0.15) is 5.82 Å². The van der Waals surface area contributed by atoms with E-state index in [0.29, 0.717) is 11.5 Å². The van der Waals surface area contributed by atoms with E-state index in [-0.39, 0.29) is 36.8 Å². The Labute approximate surface area is 154 Å². The minimum Gasteiger partial charge on any atom is -0.384 e. The van der Waals surface area contributed by atoms with Crippen LogP contribution in [0, 0.1) is 0 Å². The van der Waals surface area contributed by atoms with Gasteiger partial charge in [-0.2, -0.15) is 0 Å². The van der Waals surface area contributed by atoms with Crippen molar-refractivity contribution in [2.24, 2.45) is 0 Å². The molecular formula is C17H22Cl2N4O. The standard InChI is InChI=1S/C17H20N4O.2ClH/c18-16-9-8-14(11-19-16)20-17(22)15-7-4-10-21(15)12-13-5-2-1-3-6-13;;/h1-3,5-6,8-9,11,15H,4,7,10,12H2,(H2,18,19)(H,20,22);2*1H. The molecule has 2 heterocycles. The topological polar surface area (TPSA) is 71.2 Å². The zero-order valence-corrected chi connectivity index (χ0v) is 14.9. The number of carbonyl (C=O) groups excluding carboxylic acids is 1. The highest BCUT2D eigenvalue weighted by molar-refractivity contribution is 5.94. The summed E-state index contributed by atoms with van der Waals surface area (Å²) in [7, 11) is 0. The monoisotopic (exact) mass is 368 g/mol. The van der Waals surface area contributed by atoms with Crippen molar-refractivity contribution in [3.8, 4) is 0 Å². The average Bonchev–Trinajstić information content (AvgIpc) is 2.99. The summed E-state index contributed by atoms with van der Waals surface area (Å²) in [6, 6.07) is 13.6. The number of hydrogen-bond donors (Lipinski definition) is 2. The molecule has 7 heteroatoms. The molecule has 0 aliphatic carbocycles. The third-order valence-electron chi connectivity index (χ3n) is 3.95. The third kappa shape index (κ3) is 5.09. The van der Waals surface area contributed by atoms with Gasteiger partial charge in [-0.25, -0.2) is 4.98 Å². The van der Waals surface area contributed by atoms with Gasteiger partial charge in [0.2, 0.25) is 5.91 Å². The molecule has 0 radical (unpaired) electrons. The van der Waals surface area contributed by atoms with Gasteiger partial charge in [-0.05, 0) is 37.1 Å². The van der Waals surface area contributed by atoms with Gasteiger partial charge in [-0.3, -0.25) is 9.69 Å². The fraction of sp³-hybridized carbons (Fsp3) is 0.294. The molecule has 3 rings (SSSR count). The second-order valence-electron chi connectivity index (χ2n) is 5.58. The number of nitrogens with two attached hydrogens (primary N) is 1. The molecule has 1 saturated heterocycles. The van der Waals surface area contributed by atoms with Crippen molar-refractivity contribution < 1.29 is 4.79 Å². The Morgan fingerprint density at radius 3 is 2.62 bits per heavy atom. The van der Waals surface area contributed by atoms with Crippen molar-refractivity contribution >= 4 is 42.2 Å². The zero-order chi connectivity index (χ0) is 15.4. The summed E-state index contributed by atoms with van der Waals surface area (Å²) in [6.45, 7) is 1.76. The molecule has 1 atom stereocenters. The first-order valence-corrected chi connectivity index (χ1v) is 7.53. The Kier molecular flexibility index (Phi) is 7.98. The number of nitrogen functional groups attached to an aromatic ring is 1. The van der Waals surface area contributed by atoms with Crippen LogP contribution in [0.1, 0.15) is 18.4 Å². The second kappa shape index (κ2) is 9.47. The van der Waals surface area contributed by atoms with Crippen LogP contribution in [0.3, 0.4) is 0 Å². The Morgan fingerprint density at radius 2 is 1.96 bits per heavy atom. The molecule has 130 valence electrons. The minimum atomic E-state index is -0.0854. The van der Waals surface area contributed by atoms with Crippen molar-refractivity contribution in [3.05, 3.63) is 54.2 Å². The summed E-state index contributed by atoms with van der Waals surface area (Å²) in [5.74, 6) is 0.476. The first kappa shape index (κ1) is 20.2. The minimum absolute atomic E-state index is 0. The number of rotatable bonds is 4. The molecule has 1 aromatic carbocycles. The molecule has 24 heavy (non-hydrogen) atoms. The number of halogens is 2. The Hall–Kier alpha value is -1.82. The number of carbonyl (C=O) groups is 1. The summed E-state index contributed by atoms with van der Waals surface area (Å²) in [5, 5.41) is 2.93. The SMILES string of the molecule is Cl.Cl.Nc1ccc(NC(=O)C2CCCN2Cc2ccccc2)cn1.